The van der Waals surface area contributed by atoms with Crippen LogP contribution in [0, 0.1) is 17.8 Å². The summed E-state index contributed by atoms with van der Waals surface area (Å²) in [6.07, 6.45) is 0.627. The molecule has 1 amide bonds. The highest BCUT2D eigenvalue weighted by molar-refractivity contribution is 5.68. The van der Waals surface area contributed by atoms with Gasteiger partial charge in [-0.15, -0.1) is 0 Å². The van der Waals surface area contributed by atoms with Gasteiger partial charge in [-0.25, -0.2) is 4.79 Å². The topological polar surface area (TPSA) is 78.9 Å². The Morgan fingerprint density at radius 1 is 1.17 bits per heavy atom. The Balaban J connectivity index is 1.55. The summed E-state index contributed by atoms with van der Waals surface area (Å²) in [4.78, 5) is 25.0. The molecule has 0 aromatic heterocycles. The van der Waals surface area contributed by atoms with E-state index in [1.54, 1.807) is 4.90 Å². The van der Waals surface area contributed by atoms with E-state index in [9.17, 15) is 9.59 Å². The highest BCUT2D eigenvalue weighted by atomic mass is 16.6. The lowest BCUT2D eigenvalue weighted by Gasteiger charge is -2.47. The van der Waals surface area contributed by atoms with Gasteiger partial charge in [0.15, 0.2) is 0 Å². The Morgan fingerprint density at radius 2 is 1.83 bits per heavy atom. The molecule has 2 aliphatic heterocycles. The molecule has 2 unspecified atom stereocenters. The first kappa shape index (κ1) is 16.8. The smallest absolute Gasteiger partial charge is 0.410 e. The fourth-order valence-corrected chi connectivity index (χ4v) is 3.90. The van der Waals surface area contributed by atoms with Crippen LogP contribution in [0.1, 0.15) is 18.4 Å². The first-order chi connectivity index (χ1) is 11.6. The Kier molecular flexibility index (Phi) is 5.35. The number of carbonyl (C=O) groups is 2. The molecular weight excluding hydrogens is 308 g/mol. The number of carbonyl (C=O) groups excluding carboxylic acids is 1. The molecule has 1 aromatic carbocycles. The highest BCUT2D eigenvalue weighted by Gasteiger charge is 2.41. The molecule has 0 saturated carbocycles. The van der Waals surface area contributed by atoms with E-state index in [0.29, 0.717) is 37.3 Å². The van der Waals surface area contributed by atoms with E-state index < -0.39 is 5.97 Å². The third-order valence-corrected chi connectivity index (χ3v) is 5.09. The molecular formula is C18H24N2O4. The van der Waals surface area contributed by atoms with E-state index in [-0.39, 0.29) is 19.1 Å². The van der Waals surface area contributed by atoms with E-state index in [2.05, 4.69) is 5.32 Å². The lowest BCUT2D eigenvalue weighted by atomic mass is 9.73. The van der Waals surface area contributed by atoms with Crippen LogP contribution in [-0.2, 0) is 16.1 Å². The molecule has 0 radical (unpaired) electrons. The van der Waals surface area contributed by atoms with E-state index in [0.717, 1.165) is 18.7 Å². The Morgan fingerprint density at radius 3 is 2.46 bits per heavy atom. The molecule has 2 heterocycles. The lowest BCUT2D eigenvalue weighted by molar-refractivity contribution is -0.137. The number of hydrogen-bond acceptors (Lipinski definition) is 4. The van der Waals surface area contributed by atoms with Crippen LogP contribution in [0.5, 0.6) is 0 Å². The number of nitrogens with one attached hydrogen (secondary N) is 1. The molecule has 0 aliphatic carbocycles. The summed E-state index contributed by atoms with van der Waals surface area (Å²) < 4.78 is 5.44. The number of hydrogen-bond donors (Lipinski definition) is 2. The minimum atomic E-state index is -0.745. The van der Waals surface area contributed by atoms with Gasteiger partial charge in [-0.05, 0) is 42.8 Å². The van der Waals surface area contributed by atoms with Crippen LogP contribution < -0.4 is 5.32 Å². The van der Waals surface area contributed by atoms with Crippen molar-refractivity contribution in [3.63, 3.8) is 0 Å². The summed E-state index contributed by atoms with van der Waals surface area (Å²) in [6.45, 7) is 3.24. The Hall–Kier alpha value is -2.08. The molecule has 24 heavy (non-hydrogen) atoms. The van der Waals surface area contributed by atoms with Crippen molar-refractivity contribution in [2.24, 2.45) is 17.8 Å². The first-order valence-electron chi connectivity index (χ1n) is 8.51. The summed E-state index contributed by atoms with van der Waals surface area (Å²) in [5, 5.41) is 12.3. The van der Waals surface area contributed by atoms with Crippen LogP contribution in [0.2, 0.25) is 0 Å². The number of nitrogens with zero attached hydrogens (tertiary/aromatic N) is 1. The van der Waals surface area contributed by atoms with E-state index in [4.69, 9.17) is 9.84 Å². The maximum atomic E-state index is 12.4. The zero-order valence-electron chi connectivity index (χ0n) is 13.7. The molecule has 2 fully saturated rings. The van der Waals surface area contributed by atoms with Crippen LogP contribution in [-0.4, -0.2) is 48.2 Å². The molecule has 2 saturated heterocycles. The van der Waals surface area contributed by atoms with Crippen molar-refractivity contribution in [1.29, 1.82) is 0 Å². The molecule has 2 bridgehead atoms. The van der Waals surface area contributed by atoms with Crippen molar-refractivity contribution in [2.75, 3.05) is 26.2 Å². The van der Waals surface area contributed by atoms with Crippen molar-refractivity contribution in [1.82, 2.24) is 10.2 Å². The maximum absolute atomic E-state index is 12.4. The van der Waals surface area contributed by atoms with Crippen LogP contribution in [0.3, 0.4) is 0 Å². The number of fused-ring (bicyclic) bond motifs is 2. The number of likely N-dealkylation sites (tertiary alicyclic amines) is 1. The number of aliphatic carboxylic acids is 1. The summed E-state index contributed by atoms with van der Waals surface area (Å²) in [7, 11) is 0. The van der Waals surface area contributed by atoms with Crippen molar-refractivity contribution >= 4 is 12.1 Å². The number of benzene rings is 1. The zero-order valence-corrected chi connectivity index (χ0v) is 13.7. The molecule has 2 N–H and O–H groups in total. The average molecular weight is 332 g/mol. The Labute approximate surface area is 141 Å². The predicted molar refractivity (Wildman–Crippen MR) is 88.4 cm³/mol. The minimum absolute atomic E-state index is 0.204. The average Bonchev–Trinajstić information content (AvgIpc) is 2.58. The highest BCUT2D eigenvalue weighted by Crippen LogP contribution is 2.34. The first-order valence-corrected chi connectivity index (χ1v) is 8.51. The fourth-order valence-electron chi connectivity index (χ4n) is 3.90. The monoisotopic (exact) mass is 332 g/mol. The zero-order chi connectivity index (χ0) is 16.9. The number of ether oxygens (including phenoxy) is 1. The molecule has 3 rings (SSSR count). The third-order valence-electron chi connectivity index (χ3n) is 5.09. The van der Waals surface area contributed by atoms with Gasteiger partial charge in [0.1, 0.15) is 6.61 Å². The Bertz CT molecular complexity index is 564. The second-order valence-corrected chi connectivity index (χ2v) is 6.72. The van der Waals surface area contributed by atoms with Crippen molar-refractivity contribution in [2.45, 2.75) is 19.4 Å². The molecule has 2 atom stereocenters. The lowest BCUT2D eigenvalue weighted by Crippen LogP contribution is -2.57. The second kappa shape index (κ2) is 7.66. The van der Waals surface area contributed by atoms with Gasteiger partial charge in [0.25, 0.3) is 0 Å². The second-order valence-electron chi connectivity index (χ2n) is 6.72. The normalized spacial score (nSPS) is 26.0. The number of carboxylic acids is 1. The molecule has 6 heteroatoms. The van der Waals surface area contributed by atoms with E-state index in [1.807, 2.05) is 30.3 Å². The van der Waals surface area contributed by atoms with Crippen molar-refractivity contribution in [3.05, 3.63) is 35.9 Å². The quantitative estimate of drug-likeness (QED) is 0.862. The van der Waals surface area contributed by atoms with Crippen molar-refractivity contribution < 1.29 is 19.4 Å². The third kappa shape index (κ3) is 4.06. The van der Waals surface area contributed by atoms with Crippen molar-refractivity contribution in [3.8, 4) is 0 Å². The van der Waals surface area contributed by atoms with Crippen LogP contribution in [0.15, 0.2) is 30.3 Å². The van der Waals surface area contributed by atoms with Crippen LogP contribution in [0.25, 0.3) is 0 Å². The summed E-state index contributed by atoms with van der Waals surface area (Å²) in [5.41, 5.74) is 0.976. The molecule has 2 aliphatic rings. The predicted octanol–water partition coefficient (Wildman–Crippen LogP) is 1.96. The number of carboxylic acid groups (broad SMARTS) is 1. The number of piperidine rings is 2. The van der Waals surface area contributed by atoms with Gasteiger partial charge < -0.3 is 20.1 Å². The van der Waals surface area contributed by atoms with Gasteiger partial charge >= 0.3 is 12.1 Å². The van der Waals surface area contributed by atoms with E-state index >= 15 is 0 Å². The SMILES string of the molecule is O=C(O)CCC1C2CNCC1CN(C(=O)OCc1ccccc1)C2. The van der Waals surface area contributed by atoms with Gasteiger partial charge in [0, 0.05) is 19.5 Å². The van der Waals surface area contributed by atoms with E-state index in [1.165, 1.54) is 0 Å². The number of rotatable bonds is 5. The maximum Gasteiger partial charge on any atom is 0.410 e. The molecule has 0 spiro atoms. The molecule has 1 aromatic rings. The van der Waals surface area contributed by atoms with Gasteiger partial charge in [-0.3, -0.25) is 4.79 Å². The summed E-state index contributed by atoms with van der Waals surface area (Å²) >= 11 is 0. The summed E-state index contributed by atoms with van der Waals surface area (Å²) in [5.74, 6) is 0.244. The van der Waals surface area contributed by atoms with Gasteiger partial charge in [0.05, 0.1) is 0 Å². The van der Waals surface area contributed by atoms with Gasteiger partial charge in [-0.2, -0.15) is 0 Å². The largest absolute Gasteiger partial charge is 0.481 e. The van der Waals surface area contributed by atoms with Gasteiger partial charge in [-0.1, -0.05) is 30.3 Å². The summed E-state index contributed by atoms with van der Waals surface area (Å²) in [6, 6.07) is 9.65. The van der Waals surface area contributed by atoms with Crippen LogP contribution in [0.4, 0.5) is 4.79 Å². The molecule has 6 nitrogen and oxygen atoms in total. The fraction of sp³-hybridized carbons (Fsp3) is 0.556. The minimum Gasteiger partial charge on any atom is -0.481 e. The number of amides is 1. The standard InChI is InChI=1S/C18H24N2O4/c21-17(22)7-6-16-14-8-19-9-15(16)11-20(10-14)18(23)24-12-13-4-2-1-3-5-13/h1-5,14-16,19H,6-12H2,(H,21,22). The van der Waals surface area contributed by atoms with Crippen LogP contribution >= 0.6 is 0 Å². The molecule has 130 valence electrons. The van der Waals surface area contributed by atoms with Gasteiger partial charge in [0.2, 0.25) is 0 Å².